The molecule has 1 heterocycles. The molecule has 0 radical (unpaired) electrons. The van der Waals surface area contributed by atoms with E-state index in [2.05, 4.69) is 5.32 Å². The molecule has 0 saturated carbocycles. The minimum absolute atomic E-state index is 0.0788. The van der Waals surface area contributed by atoms with Crippen LogP contribution in [-0.4, -0.2) is 23.4 Å². The molecular formula is C14H12N2O5S. The zero-order chi connectivity index (χ0) is 16.1. The molecule has 0 bridgehead atoms. The van der Waals surface area contributed by atoms with Crippen molar-refractivity contribution < 1.29 is 19.2 Å². The number of carbonyl (C=O) groups excluding carboxylic acids is 2. The van der Waals surface area contributed by atoms with E-state index in [0.717, 1.165) is 5.56 Å². The number of nitrogens with zero attached hydrogens (tertiary/aromatic N) is 1. The molecule has 0 atom stereocenters. The van der Waals surface area contributed by atoms with Crippen LogP contribution >= 0.6 is 11.3 Å². The summed E-state index contributed by atoms with van der Waals surface area (Å²) in [6.07, 6.45) is 0. The van der Waals surface area contributed by atoms with E-state index < -0.39 is 23.4 Å². The van der Waals surface area contributed by atoms with E-state index in [-0.39, 0.29) is 9.88 Å². The highest BCUT2D eigenvalue weighted by atomic mass is 32.1. The van der Waals surface area contributed by atoms with Gasteiger partial charge in [-0.3, -0.25) is 14.9 Å². The maximum atomic E-state index is 11.7. The van der Waals surface area contributed by atoms with Crippen molar-refractivity contribution >= 4 is 33.9 Å². The highest BCUT2D eigenvalue weighted by molar-refractivity contribution is 7.17. The summed E-state index contributed by atoms with van der Waals surface area (Å²) in [6.45, 7) is 1.43. The Morgan fingerprint density at radius 1 is 1.32 bits per heavy atom. The summed E-state index contributed by atoms with van der Waals surface area (Å²) < 4.78 is 4.82. The zero-order valence-corrected chi connectivity index (χ0v) is 12.4. The highest BCUT2D eigenvalue weighted by Gasteiger charge is 2.17. The third-order valence-electron chi connectivity index (χ3n) is 2.61. The third kappa shape index (κ3) is 4.13. The average Bonchev–Trinajstić information content (AvgIpc) is 2.95. The number of esters is 1. The molecule has 1 N–H and O–H groups in total. The van der Waals surface area contributed by atoms with Gasteiger partial charge in [-0.25, -0.2) is 4.79 Å². The van der Waals surface area contributed by atoms with Crippen LogP contribution in [0.5, 0.6) is 0 Å². The quantitative estimate of drug-likeness (QED) is 0.519. The number of hydrogen-bond donors (Lipinski definition) is 1. The van der Waals surface area contributed by atoms with Crippen molar-refractivity contribution in [3.8, 4) is 0 Å². The largest absolute Gasteiger partial charge is 0.451 e. The van der Waals surface area contributed by atoms with Crippen LogP contribution in [0.4, 0.5) is 10.7 Å². The fourth-order valence-electron chi connectivity index (χ4n) is 1.66. The van der Waals surface area contributed by atoms with Crippen LogP contribution in [0.3, 0.4) is 0 Å². The lowest BCUT2D eigenvalue weighted by atomic mass is 10.2. The number of thiophene rings is 1. The summed E-state index contributed by atoms with van der Waals surface area (Å²) in [5.74, 6) is -1.25. The smallest absolute Gasteiger partial charge is 0.349 e. The maximum absolute atomic E-state index is 11.7. The third-order valence-corrected chi connectivity index (χ3v) is 3.63. The Labute approximate surface area is 129 Å². The second-order valence-corrected chi connectivity index (χ2v) is 5.45. The first-order chi connectivity index (χ1) is 10.5. The average molecular weight is 320 g/mol. The van der Waals surface area contributed by atoms with Crippen LogP contribution in [0, 0.1) is 17.0 Å². The Hall–Kier alpha value is -2.74. The van der Waals surface area contributed by atoms with Crippen molar-refractivity contribution in [2.45, 2.75) is 6.92 Å². The molecule has 1 amide bonds. The molecule has 0 aliphatic carbocycles. The lowest BCUT2D eigenvalue weighted by Gasteiger charge is -2.06. The maximum Gasteiger partial charge on any atom is 0.349 e. The number of hydrogen-bond acceptors (Lipinski definition) is 6. The monoisotopic (exact) mass is 320 g/mol. The molecule has 8 heteroatoms. The molecule has 2 rings (SSSR count). The number of nitrogens with one attached hydrogen (secondary N) is 1. The molecule has 0 saturated heterocycles. The molecule has 0 unspecified atom stereocenters. The van der Waals surface area contributed by atoms with Crippen molar-refractivity contribution in [1.29, 1.82) is 0 Å². The van der Waals surface area contributed by atoms with Gasteiger partial charge in [-0.2, -0.15) is 0 Å². The normalized spacial score (nSPS) is 10.0. The molecule has 0 spiro atoms. The number of benzene rings is 1. The van der Waals surface area contributed by atoms with Crippen LogP contribution < -0.4 is 5.32 Å². The SMILES string of the molecule is Cc1cccc(NC(=O)COC(=O)c2ccc([N+](=O)[O-])s2)c1. The summed E-state index contributed by atoms with van der Waals surface area (Å²) >= 11 is 0.701. The molecule has 7 nitrogen and oxygen atoms in total. The van der Waals surface area contributed by atoms with E-state index in [4.69, 9.17) is 4.74 Å². The van der Waals surface area contributed by atoms with Gasteiger partial charge in [0.2, 0.25) is 0 Å². The van der Waals surface area contributed by atoms with Crippen LogP contribution in [-0.2, 0) is 9.53 Å². The van der Waals surface area contributed by atoms with E-state index in [1.807, 2.05) is 13.0 Å². The predicted molar refractivity (Wildman–Crippen MR) is 81.1 cm³/mol. The van der Waals surface area contributed by atoms with Gasteiger partial charge >= 0.3 is 11.0 Å². The van der Waals surface area contributed by atoms with E-state index >= 15 is 0 Å². The van der Waals surface area contributed by atoms with Gasteiger partial charge in [0.15, 0.2) is 6.61 Å². The zero-order valence-electron chi connectivity index (χ0n) is 11.6. The van der Waals surface area contributed by atoms with Crippen molar-refractivity contribution in [3.63, 3.8) is 0 Å². The molecule has 1 aromatic carbocycles. The van der Waals surface area contributed by atoms with E-state index in [0.29, 0.717) is 17.0 Å². The Kier molecular flexibility index (Phi) is 4.84. The van der Waals surface area contributed by atoms with Gasteiger partial charge in [0.05, 0.1) is 4.92 Å². The van der Waals surface area contributed by atoms with Gasteiger partial charge < -0.3 is 10.1 Å². The number of amides is 1. The Morgan fingerprint density at radius 2 is 2.09 bits per heavy atom. The summed E-state index contributed by atoms with van der Waals surface area (Å²) in [7, 11) is 0. The molecule has 0 fully saturated rings. The molecule has 0 aliphatic heterocycles. The standard InChI is InChI=1S/C14H12N2O5S/c1-9-3-2-4-10(7-9)15-12(17)8-21-14(18)11-5-6-13(22-11)16(19)20/h2-7H,8H2,1H3,(H,15,17). The Bertz CT molecular complexity index is 726. The lowest BCUT2D eigenvalue weighted by molar-refractivity contribution is -0.380. The summed E-state index contributed by atoms with van der Waals surface area (Å²) in [4.78, 5) is 33.4. The minimum atomic E-state index is -0.766. The molecule has 2 aromatic rings. The topological polar surface area (TPSA) is 98.5 Å². The second kappa shape index (κ2) is 6.81. The number of nitro groups is 1. The first-order valence-corrected chi connectivity index (χ1v) is 7.05. The van der Waals surface area contributed by atoms with Crippen LogP contribution in [0.25, 0.3) is 0 Å². The summed E-state index contributed by atoms with van der Waals surface area (Å²) in [5, 5.41) is 13.0. The number of carbonyl (C=O) groups is 2. The minimum Gasteiger partial charge on any atom is -0.451 e. The van der Waals surface area contributed by atoms with E-state index in [1.165, 1.54) is 12.1 Å². The Morgan fingerprint density at radius 3 is 2.73 bits per heavy atom. The van der Waals surface area contributed by atoms with Gasteiger partial charge in [0.25, 0.3) is 5.91 Å². The lowest BCUT2D eigenvalue weighted by Crippen LogP contribution is -2.20. The van der Waals surface area contributed by atoms with Crippen LogP contribution in [0.2, 0.25) is 0 Å². The molecular weight excluding hydrogens is 308 g/mol. The van der Waals surface area contributed by atoms with E-state index in [1.54, 1.807) is 18.2 Å². The van der Waals surface area contributed by atoms with Gasteiger partial charge in [-0.15, -0.1) is 0 Å². The van der Waals surface area contributed by atoms with Crippen molar-refractivity contribution in [3.05, 3.63) is 57.0 Å². The first kappa shape index (κ1) is 15.6. The number of ether oxygens (including phenoxy) is 1. The van der Waals surface area contributed by atoms with Crippen molar-refractivity contribution in [2.24, 2.45) is 0 Å². The summed E-state index contributed by atoms with van der Waals surface area (Å²) in [5.41, 5.74) is 1.59. The fraction of sp³-hybridized carbons (Fsp3) is 0.143. The van der Waals surface area contributed by atoms with Crippen molar-refractivity contribution in [1.82, 2.24) is 0 Å². The van der Waals surface area contributed by atoms with E-state index in [9.17, 15) is 19.7 Å². The molecule has 22 heavy (non-hydrogen) atoms. The number of rotatable bonds is 5. The van der Waals surface area contributed by atoms with Crippen LogP contribution in [0.1, 0.15) is 15.2 Å². The summed E-state index contributed by atoms with van der Waals surface area (Å²) in [6, 6.07) is 9.69. The van der Waals surface area contributed by atoms with Crippen molar-refractivity contribution in [2.75, 3.05) is 11.9 Å². The van der Waals surface area contributed by atoms with Gasteiger partial charge in [0.1, 0.15) is 4.88 Å². The fourth-order valence-corrected chi connectivity index (χ4v) is 2.37. The molecule has 114 valence electrons. The molecule has 0 aliphatic rings. The predicted octanol–water partition coefficient (Wildman–Crippen LogP) is 2.76. The number of anilines is 1. The second-order valence-electron chi connectivity index (χ2n) is 4.39. The highest BCUT2D eigenvalue weighted by Crippen LogP contribution is 2.24. The van der Waals surface area contributed by atoms with Crippen LogP contribution in [0.15, 0.2) is 36.4 Å². The first-order valence-electron chi connectivity index (χ1n) is 6.23. The number of aryl methyl sites for hydroxylation is 1. The Balaban J connectivity index is 1.87. The molecule has 1 aromatic heterocycles. The van der Waals surface area contributed by atoms with Gasteiger partial charge in [-0.1, -0.05) is 23.5 Å². The van der Waals surface area contributed by atoms with Gasteiger partial charge in [-0.05, 0) is 30.7 Å². The van der Waals surface area contributed by atoms with Gasteiger partial charge in [0, 0.05) is 11.8 Å².